The predicted octanol–water partition coefficient (Wildman–Crippen LogP) is 5.84. The zero-order valence-corrected chi connectivity index (χ0v) is 27.0. The summed E-state index contributed by atoms with van der Waals surface area (Å²) in [6.45, 7) is 7.30. The normalized spacial score (nSPS) is 12.2. The highest BCUT2D eigenvalue weighted by molar-refractivity contribution is 7.92. The lowest BCUT2D eigenvalue weighted by Gasteiger charge is -2.35. The van der Waals surface area contributed by atoms with Crippen molar-refractivity contribution in [2.24, 2.45) is 0 Å². The van der Waals surface area contributed by atoms with E-state index in [0.29, 0.717) is 12.4 Å². The summed E-state index contributed by atoms with van der Waals surface area (Å²) in [5, 5.41) is 3.04. The van der Waals surface area contributed by atoms with Crippen LogP contribution in [0.3, 0.4) is 0 Å². The van der Waals surface area contributed by atoms with Crippen molar-refractivity contribution in [1.82, 2.24) is 10.2 Å². The Hall–Kier alpha value is -4.63. The van der Waals surface area contributed by atoms with E-state index >= 15 is 0 Å². The van der Waals surface area contributed by atoms with Crippen LogP contribution in [0.2, 0.25) is 0 Å². The molecule has 236 valence electrons. The predicted molar refractivity (Wildman–Crippen MR) is 177 cm³/mol. The first-order chi connectivity index (χ1) is 21.5. The molecule has 4 aromatic carbocycles. The number of hydrogen-bond acceptors (Lipinski definition) is 5. The van der Waals surface area contributed by atoms with Gasteiger partial charge in [-0.15, -0.1) is 0 Å². The summed E-state index contributed by atoms with van der Waals surface area (Å²) in [5.41, 5.74) is 1.34. The third-order valence-corrected chi connectivity index (χ3v) is 8.78. The van der Waals surface area contributed by atoms with Gasteiger partial charge in [0, 0.05) is 18.5 Å². The van der Waals surface area contributed by atoms with Crippen LogP contribution in [-0.4, -0.2) is 49.9 Å². The molecule has 0 fully saturated rings. The summed E-state index contributed by atoms with van der Waals surface area (Å²) in [4.78, 5) is 30.1. The van der Waals surface area contributed by atoms with Gasteiger partial charge in [0.15, 0.2) is 0 Å². The number of benzene rings is 4. The molecule has 1 N–H and O–H groups in total. The van der Waals surface area contributed by atoms with E-state index in [1.807, 2.05) is 88.4 Å². The fourth-order valence-electron chi connectivity index (χ4n) is 4.96. The van der Waals surface area contributed by atoms with E-state index in [1.54, 1.807) is 42.5 Å². The molecule has 0 spiro atoms. The number of amides is 2. The van der Waals surface area contributed by atoms with E-state index < -0.39 is 34.1 Å². The highest BCUT2D eigenvalue weighted by Gasteiger charge is 2.36. The number of carbonyl (C=O) groups excluding carboxylic acids is 2. The van der Waals surface area contributed by atoms with E-state index in [4.69, 9.17) is 4.74 Å². The highest BCUT2D eigenvalue weighted by atomic mass is 32.2. The minimum atomic E-state index is -4.22. The van der Waals surface area contributed by atoms with Gasteiger partial charge in [-0.05, 0) is 63.1 Å². The Morgan fingerprint density at radius 2 is 1.31 bits per heavy atom. The summed E-state index contributed by atoms with van der Waals surface area (Å²) in [6.07, 6.45) is 0.238. The van der Waals surface area contributed by atoms with Crippen LogP contribution in [0.25, 0.3) is 0 Å². The molecule has 4 rings (SSSR count). The molecule has 2 amide bonds. The first-order valence-electron chi connectivity index (χ1n) is 15.0. The second-order valence-corrected chi connectivity index (χ2v) is 13.5. The molecule has 4 aromatic rings. The van der Waals surface area contributed by atoms with E-state index in [2.05, 4.69) is 5.32 Å². The Bertz CT molecular complexity index is 1660. The Balaban J connectivity index is 1.83. The van der Waals surface area contributed by atoms with Gasteiger partial charge in [-0.3, -0.25) is 13.9 Å². The molecule has 0 saturated carbocycles. The molecular formula is C36H41N3O5S. The van der Waals surface area contributed by atoms with Gasteiger partial charge in [0.05, 0.1) is 17.2 Å². The Labute approximate surface area is 266 Å². The molecule has 1 atom stereocenters. The summed E-state index contributed by atoms with van der Waals surface area (Å²) < 4.78 is 35.3. The van der Waals surface area contributed by atoms with E-state index in [9.17, 15) is 18.0 Å². The fraction of sp³-hybridized carbons (Fsp3) is 0.278. The van der Waals surface area contributed by atoms with Gasteiger partial charge in [0.25, 0.3) is 10.0 Å². The molecule has 0 heterocycles. The molecule has 0 unspecified atom stereocenters. The maximum atomic E-state index is 14.6. The monoisotopic (exact) mass is 627 g/mol. The van der Waals surface area contributed by atoms with Crippen LogP contribution < -0.4 is 14.4 Å². The van der Waals surface area contributed by atoms with Gasteiger partial charge in [0.1, 0.15) is 18.3 Å². The summed E-state index contributed by atoms with van der Waals surface area (Å²) in [6, 6.07) is 32.6. The Morgan fingerprint density at radius 1 is 0.778 bits per heavy atom. The van der Waals surface area contributed by atoms with Crippen LogP contribution in [0.15, 0.2) is 120 Å². The van der Waals surface area contributed by atoms with Crippen LogP contribution in [0.1, 0.15) is 38.8 Å². The van der Waals surface area contributed by atoms with E-state index in [-0.39, 0.29) is 29.5 Å². The minimum Gasteiger partial charge on any atom is -0.492 e. The minimum absolute atomic E-state index is 0.0324. The average molecular weight is 628 g/mol. The average Bonchev–Trinajstić information content (AvgIpc) is 3.02. The molecule has 0 aliphatic rings. The molecule has 9 heteroatoms. The third kappa shape index (κ3) is 8.95. The lowest BCUT2D eigenvalue weighted by molar-refractivity contribution is -0.140. The van der Waals surface area contributed by atoms with Crippen LogP contribution in [-0.2, 0) is 32.6 Å². The quantitative estimate of drug-likeness (QED) is 0.201. The topological polar surface area (TPSA) is 96.0 Å². The largest absolute Gasteiger partial charge is 0.492 e. The van der Waals surface area contributed by atoms with Crippen LogP contribution in [0, 0.1) is 0 Å². The van der Waals surface area contributed by atoms with Crippen molar-refractivity contribution in [2.45, 2.75) is 57.1 Å². The van der Waals surface area contributed by atoms with Gasteiger partial charge in [-0.1, -0.05) is 91.0 Å². The maximum absolute atomic E-state index is 14.6. The third-order valence-electron chi connectivity index (χ3n) is 7.01. The van der Waals surface area contributed by atoms with Crippen LogP contribution >= 0.6 is 0 Å². The molecule has 45 heavy (non-hydrogen) atoms. The first kappa shape index (κ1) is 33.3. The van der Waals surface area contributed by atoms with Crippen molar-refractivity contribution in [3.8, 4) is 5.75 Å². The summed E-state index contributed by atoms with van der Waals surface area (Å²) in [5.74, 6) is -0.536. The van der Waals surface area contributed by atoms with Gasteiger partial charge in [0.2, 0.25) is 11.8 Å². The number of sulfonamides is 1. The summed E-state index contributed by atoms with van der Waals surface area (Å²) in [7, 11) is -4.22. The maximum Gasteiger partial charge on any atom is 0.264 e. The van der Waals surface area contributed by atoms with Crippen molar-refractivity contribution < 1.29 is 22.7 Å². The van der Waals surface area contributed by atoms with Gasteiger partial charge >= 0.3 is 0 Å². The van der Waals surface area contributed by atoms with Gasteiger partial charge in [-0.25, -0.2) is 8.42 Å². The number of rotatable bonds is 13. The van der Waals surface area contributed by atoms with Crippen molar-refractivity contribution in [3.05, 3.63) is 126 Å². The smallest absolute Gasteiger partial charge is 0.264 e. The number of nitrogens with zero attached hydrogens (tertiary/aromatic N) is 2. The fourth-order valence-corrected chi connectivity index (χ4v) is 6.41. The molecule has 0 saturated heterocycles. The Morgan fingerprint density at radius 3 is 1.89 bits per heavy atom. The second kappa shape index (κ2) is 14.9. The van der Waals surface area contributed by atoms with Gasteiger partial charge in [-0.2, -0.15) is 0 Å². The van der Waals surface area contributed by atoms with Crippen LogP contribution in [0.5, 0.6) is 5.75 Å². The second-order valence-electron chi connectivity index (χ2n) is 11.7. The molecule has 0 aromatic heterocycles. The lowest BCUT2D eigenvalue weighted by Crippen LogP contribution is -2.56. The number of para-hydroxylation sites is 2. The SMILES string of the molecule is CCOc1ccccc1N(CC(=O)N(Cc1ccccc1)[C@H](Cc1ccccc1)C(=O)NC(C)(C)C)S(=O)(=O)c1ccccc1. The lowest BCUT2D eigenvalue weighted by atomic mass is 10.0. The molecule has 8 nitrogen and oxygen atoms in total. The highest BCUT2D eigenvalue weighted by Crippen LogP contribution is 2.33. The Kier molecular flexibility index (Phi) is 11.0. The number of nitrogens with one attached hydrogen (secondary N) is 1. The number of carbonyl (C=O) groups is 2. The number of anilines is 1. The zero-order valence-electron chi connectivity index (χ0n) is 26.2. The number of ether oxygens (including phenoxy) is 1. The first-order valence-corrected chi connectivity index (χ1v) is 16.4. The van der Waals surface area contributed by atoms with Crippen molar-refractivity contribution in [2.75, 3.05) is 17.5 Å². The van der Waals surface area contributed by atoms with Crippen LogP contribution in [0.4, 0.5) is 5.69 Å². The standard InChI is InChI=1S/C36H41N3O5S/c1-5-44-33-24-16-15-23-31(33)39(45(42,43)30-21-13-8-14-22-30)27-34(40)38(26-29-19-11-7-12-20-29)32(35(41)37-36(2,3)4)25-28-17-9-6-10-18-28/h6-24,32H,5,25-27H2,1-4H3,(H,37,41)/t32-/m1/s1. The van der Waals surface area contributed by atoms with E-state index in [0.717, 1.165) is 15.4 Å². The van der Waals surface area contributed by atoms with Crippen molar-refractivity contribution in [3.63, 3.8) is 0 Å². The number of hydrogen-bond donors (Lipinski definition) is 1. The molecular weight excluding hydrogens is 586 g/mol. The van der Waals surface area contributed by atoms with Crippen molar-refractivity contribution >= 4 is 27.5 Å². The molecule has 0 aliphatic heterocycles. The van der Waals surface area contributed by atoms with Crippen molar-refractivity contribution in [1.29, 1.82) is 0 Å². The zero-order chi connectivity index (χ0) is 32.5. The molecule has 0 bridgehead atoms. The van der Waals surface area contributed by atoms with E-state index in [1.165, 1.54) is 17.0 Å². The molecule has 0 radical (unpaired) electrons. The van der Waals surface area contributed by atoms with Gasteiger partial charge < -0.3 is 15.0 Å². The summed E-state index contributed by atoms with van der Waals surface area (Å²) >= 11 is 0. The molecule has 0 aliphatic carbocycles.